The average molecular weight is 304 g/mol. The fourth-order valence-electron chi connectivity index (χ4n) is 2.13. The number of hydrogen-bond donors (Lipinski definition) is 3. The molecule has 0 aromatic carbocycles. The van der Waals surface area contributed by atoms with Crippen molar-refractivity contribution in [2.45, 2.75) is 6.42 Å². The molecule has 0 amide bonds. The second-order valence-corrected chi connectivity index (χ2v) is 5.59. The number of rotatable bonds is 3. The van der Waals surface area contributed by atoms with E-state index < -0.39 is 0 Å². The summed E-state index contributed by atoms with van der Waals surface area (Å²) in [5, 5.41) is 0.484. The molecule has 0 spiro atoms. The van der Waals surface area contributed by atoms with Gasteiger partial charge in [-0.15, -0.1) is 11.3 Å². The second-order valence-electron chi connectivity index (χ2n) is 4.42. The highest BCUT2D eigenvalue weighted by molar-refractivity contribution is 7.13. The van der Waals surface area contributed by atoms with E-state index in [0.717, 1.165) is 10.4 Å². The van der Waals surface area contributed by atoms with Gasteiger partial charge in [0.25, 0.3) is 5.56 Å². The van der Waals surface area contributed by atoms with Crippen LogP contribution in [0.1, 0.15) is 20.1 Å². The van der Waals surface area contributed by atoms with Crippen molar-refractivity contribution in [3.63, 3.8) is 0 Å². The lowest BCUT2D eigenvalue weighted by molar-refractivity contribution is 0.0606. The van der Waals surface area contributed by atoms with E-state index in [0.29, 0.717) is 22.3 Å². The highest BCUT2D eigenvalue weighted by Gasteiger charge is 2.13. The molecule has 0 saturated carbocycles. The van der Waals surface area contributed by atoms with Crippen molar-refractivity contribution in [1.29, 1.82) is 0 Å². The van der Waals surface area contributed by atoms with E-state index in [-0.39, 0.29) is 17.5 Å². The van der Waals surface area contributed by atoms with Crippen molar-refractivity contribution >= 4 is 34.3 Å². The Hall–Kier alpha value is -2.61. The number of H-pyrrole nitrogens is 2. The Labute approximate surface area is 122 Å². The average Bonchev–Trinajstić information content (AvgIpc) is 3.06. The number of fused-ring (bicyclic) bond motifs is 1. The molecule has 3 rings (SSSR count). The number of carbonyl (C=O) groups is 1. The zero-order valence-electron chi connectivity index (χ0n) is 11.1. The van der Waals surface area contributed by atoms with Crippen molar-refractivity contribution in [2.75, 3.05) is 12.8 Å². The molecule has 0 aliphatic heterocycles. The van der Waals surface area contributed by atoms with Gasteiger partial charge in [-0.25, -0.2) is 4.79 Å². The topological polar surface area (TPSA) is 114 Å². The number of esters is 1. The number of nitrogens with one attached hydrogen (secondary N) is 2. The monoisotopic (exact) mass is 304 g/mol. The van der Waals surface area contributed by atoms with Crippen LogP contribution in [0.5, 0.6) is 0 Å². The van der Waals surface area contributed by atoms with Crippen LogP contribution in [0.25, 0.3) is 11.0 Å². The number of nitrogens with zero attached hydrogens (tertiary/aromatic N) is 1. The van der Waals surface area contributed by atoms with Crippen LogP contribution in [0.2, 0.25) is 0 Å². The van der Waals surface area contributed by atoms with Gasteiger partial charge in [0.2, 0.25) is 5.95 Å². The molecule has 7 nitrogen and oxygen atoms in total. The number of carbonyl (C=O) groups excluding carboxylic acids is 1. The first-order valence-corrected chi connectivity index (χ1v) is 6.93. The van der Waals surface area contributed by atoms with Gasteiger partial charge in [0, 0.05) is 17.5 Å². The van der Waals surface area contributed by atoms with E-state index in [1.807, 2.05) is 6.07 Å². The van der Waals surface area contributed by atoms with Crippen LogP contribution in [0.4, 0.5) is 5.95 Å². The Morgan fingerprint density at radius 3 is 3.05 bits per heavy atom. The van der Waals surface area contributed by atoms with Gasteiger partial charge < -0.3 is 15.5 Å². The minimum Gasteiger partial charge on any atom is -0.465 e. The first-order chi connectivity index (χ1) is 10.1. The molecule has 3 heterocycles. The van der Waals surface area contributed by atoms with Crippen molar-refractivity contribution < 1.29 is 9.53 Å². The summed E-state index contributed by atoms with van der Waals surface area (Å²) in [5.41, 5.74) is 6.48. The maximum Gasteiger partial charge on any atom is 0.348 e. The summed E-state index contributed by atoms with van der Waals surface area (Å²) in [6.45, 7) is 0. The quantitative estimate of drug-likeness (QED) is 0.631. The van der Waals surface area contributed by atoms with Gasteiger partial charge in [-0.1, -0.05) is 0 Å². The van der Waals surface area contributed by atoms with E-state index in [1.165, 1.54) is 18.4 Å². The first kappa shape index (κ1) is 13.4. The Morgan fingerprint density at radius 2 is 2.29 bits per heavy atom. The SMILES string of the molecule is COC(=O)c1ccc(Cc2c[nH]c3nc(N)[nH]c(=O)c23)s1. The van der Waals surface area contributed by atoms with Crippen molar-refractivity contribution in [2.24, 2.45) is 0 Å². The van der Waals surface area contributed by atoms with Crippen LogP contribution >= 0.6 is 11.3 Å². The Bertz CT molecular complexity index is 877. The molecule has 0 aliphatic carbocycles. The molecule has 3 aromatic rings. The highest BCUT2D eigenvalue weighted by Crippen LogP contribution is 2.23. The zero-order valence-corrected chi connectivity index (χ0v) is 11.9. The number of ether oxygens (including phenoxy) is 1. The number of nitrogens with two attached hydrogens (primary N) is 1. The fourth-order valence-corrected chi connectivity index (χ4v) is 3.08. The van der Waals surface area contributed by atoms with E-state index >= 15 is 0 Å². The molecule has 8 heteroatoms. The molecule has 21 heavy (non-hydrogen) atoms. The number of thiophene rings is 1. The molecule has 0 radical (unpaired) electrons. The third-order valence-electron chi connectivity index (χ3n) is 3.05. The number of aromatic nitrogens is 3. The maximum absolute atomic E-state index is 12.0. The molecule has 0 saturated heterocycles. The van der Waals surface area contributed by atoms with Gasteiger partial charge >= 0.3 is 5.97 Å². The number of methoxy groups -OCH3 is 1. The molecular weight excluding hydrogens is 292 g/mol. The van der Waals surface area contributed by atoms with E-state index in [4.69, 9.17) is 5.73 Å². The van der Waals surface area contributed by atoms with Crippen LogP contribution in [-0.2, 0) is 11.2 Å². The van der Waals surface area contributed by atoms with Crippen molar-refractivity contribution in [1.82, 2.24) is 15.0 Å². The lowest BCUT2D eigenvalue weighted by Gasteiger charge is -1.97. The summed E-state index contributed by atoms with van der Waals surface area (Å²) in [4.78, 5) is 34.3. The summed E-state index contributed by atoms with van der Waals surface area (Å²) in [6, 6.07) is 3.55. The van der Waals surface area contributed by atoms with Crippen molar-refractivity contribution in [3.05, 3.63) is 44.0 Å². The summed E-state index contributed by atoms with van der Waals surface area (Å²) in [6.07, 6.45) is 2.25. The molecule has 3 aromatic heterocycles. The molecule has 108 valence electrons. The lowest BCUT2D eigenvalue weighted by Crippen LogP contribution is -2.11. The van der Waals surface area contributed by atoms with Gasteiger partial charge in [-0.05, 0) is 17.7 Å². The van der Waals surface area contributed by atoms with Gasteiger partial charge in [-0.2, -0.15) is 4.98 Å². The smallest absolute Gasteiger partial charge is 0.348 e. The third kappa shape index (κ3) is 2.40. The molecule has 0 unspecified atom stereocenters. The Kier molecular flexibility index (Phi) is 3.22. The predicted molar refractivity (Wildman–Crippen MR) is 79.6 cm³/mol. The summed E-state index contributed by atoms with van der Waals surface area (Å²) < 4.78 is 4.67. The maximum atomic E-state index is 12.0. The second kappa shape index (κ2) is 5.06. The molecular formula is C13H12N4O3S. The number of anilines is 1. The number of nitrogen functional groups attached to an aromatic ring is 1. The standard InChI is InChI=1S/C13H12N4O3S/c1-20-12(19)8-3-2-7(21-8)4-6-5-15-10-9(6)11(18)17-13(14)16-10/h2-3,5H,4H2,1H3,(H4,14,15,16,17,18). The molecule has 0 bridgehead atoms. The lowest BCUT2D eigenvalue weighted by atomic mass is 10.1. The van der Waals surface area contributed by atoms with E-state index in [2.05, 4.69) is 19.7 Å². The largest absolute Gasteiger partial charge is 0.465 e. The zero-order chi connectivity index (χ0) is 15.0. The highest BCUT2D eigenvalue weighted by atomic mass is 32.1. The predicted octanol–water partition coefficient (Wildman–Crippen LogP) is 1.27. The van der Waals surface area contributed by atoms with E-state index in [1.54, 1.807) is 12.3 Å². The van der Waals surface area contributed by atoms with Crippen LogP contribution in [0.15, 0.2) is 23.1 Å². The first-order valence-electron chi connectivity index (χ1n) is 6.11. The minimum absolute atomic E-state index is 0.0741. The molecule has 0 atom stereocenters. The van der Waals surface area contributed by atoms with E-state index in [9.17, 15) is 9.59 Å². The Balaban J connectivity index is 1.97. The van der Waals surface area contributed by atoms with Gasteiger partial charge in [0.05, 0.1) is 12.5 Å². The third-order valence-corrected chi connectivity index (χ3v) is 4.12. The molecule has 0 fully saturated rings. The van der Waals surface area contributed by atoms with Gasteiger partial charge in [0.15, 0.2) is 0 Å². The normalized spacial score (nSPS) is 10.9. The van der Waals surface area contributed by atoms with Crippen LogP contribution in [0, 0.1) is 0 Å². The Morgan fingerprint density at radius 1 is 1.48 bits per heavy atom. The van der Waals surface area contributed by atoms with Gasteiger partial charge in [0.1, 0.15) is 10.5 Å². The molecule has 0 aliphatic rings. The minimum atomic E-state index is -0.363. The fraction of sp³-hybridized carbons (Fsp3) is 0.154. The summed E-state index contributed by atoms with van der Waals surface area (Å²) in [7, 11) is 1.34. The van der Waals surface area contributed by atoms with Gasteiger partial charge in [-0.3, -0.25) is 9.78 Å². The number of aromatic amines is 2. The summed E-state index contributed by atoms with van der Waals surface area (Å²) >= 11 is 1.34. The van der Waals surface area contributed by atoms with Crippen molar-refractivity contribution in [3.8, 4) is 0 Å². The summed E-state index contributed by atoms with van der Waals surface area (Å²) in [5.74, 6) is -0.289. The van der Waals surface area contributed by atoms with Crippen LogP contribution < -0.4 is 11.3 Å². The number of hydrogen-bond acceptors (Lipinski definition) is 6. The van der Waals surface area contributed by atoms with Crippen LogP contribution in [0.3, 0.4) is 0 Å². The van der Waals surface area contributed by atoms with Crippen LogP contribution in [-0.4, -0.2) is 28.0 Å². The molecule has 4 N–H and O–H groups in total.